The van der Waals surface area contributed by atoms with Crippen LogP contribution in [0.5, 0.6) is 0 Å². The molecular weight excluding hydrogens is 190 g/mol. The lowest BCUT2D eigenvalue weighted by atomic mass is 9.95. The monoisotopic (exact) mass is 209 g/mol. The van der Waals surface area contributed by atoms with Gasteiger partial charge in [-0.2, -0.15) is 5.10 Å². The molecule has 1 atom stereocenters. The van der Waals surface area contributed by atoms with Crippen molar-refractivity contribution in [2.24, 2.45) is 7.05 Å². The van der Waals surface area contributed by atoms with Gasteiger partial charge in [-0.1, -0.05) is 0 Å². The molecule has 0 aromatic carbocycles. The first-order valence-electron chi connectivity index (χ1n) is 5.53. The quantitative estimate of drug-likeness (QED) is 0.780. The Hall–Kier alpha value is -0.870. The second-order valence-corrected chi connectivity index (χ2v) is 4.44. The highest BCUT2D eigenvalue weighted by Gasteiger charge is 2.21. The Kier molecular flexibility index (Phi) is 3.07. The Labute approximate surface area is 90.5 Å². The standard InChI is InChI=1S/C11H19N3O/c1-13-5-3-4-9(7-13)11-6-10(8-15)14(2)12-11/h6,9,15H,3-5,7-8H2,1-2H3. The smallest absolute Gasteiger partial charge is 0.0849 e. The molecule has 4 heteroatoms. The zero-order valence-electron chi connectivity index (χ0n) is 9.48. The number of likely N-dealkylation sites (N-methyl/N-ethyl adjacent to an activating group) is 1. The molecule has 1 aliphatic heterocycles. The maximum atomic E-state index is 9.11. The van der Waals surface area contributed by atoms with E-state index in [9.17, 15) is 0 Å². The van der Waals surface area contributed by atoms with Crippen molar-refractivity contribution in [3.8, 4) is 0 Å². The van der Waals surface area contributed by atoms with Gasteiger partial charge in [0.2, 0.25) is 0 Å². The lowest BCUT2D eigenvalue weighted by Crippen LogP contribution is -2.31. The fourth-order valence-electron chi connectivity index (χ4n) is 2.29. The molecule has 0 aliphatic carbocycles. The molecule has 0 radical (unpaired) electrons. The molecule has 1 fully saturated rings. The maximum absolute atomic E-state index is 9.11. The highest BCUT2D eigenvalue weighted by molar-refractivity contribution is 5.15. The van der Waals surface area contributed by atoms with Gasteiger partial charge in [0, 0.05) is 19.5 Å². The maximum Gasteiger partial charge on any atom is 0.0849 e. The van der Waals surface area contributed by atoms with Crippen LogP contribution in [0.15, 0.2) is 6.07 Å². The molecule has 0 bridgehead atoms. The largest absolute Gasteiger partial charge is 0.390 e. The van der Waals surface area contributed by atoms with Crippen LogP contribution in [0, 0.1) is 0 Å². The van der Waals surface area contributed by atoms with Crippen molar-refractivity contribution in [1.82, 2.24) is 14.7 Å². The topological polar surface area (TPSA) is 41.3 Å². The predicted octanol–water partition coefficient (Wildman–Crippen LogP) is 0.722. The number of aliphatic hydroxyl groups excluding tert-OH is 1. The number of aromatic nitrogens is 2. The highest BCUT2D eigenvalue weighted by atomic mass is 16.3. The van der Waals surface area contributed by atoms with Crippen LogP contribution in [0.1, 0.15) is 30.1 Å². The number of aryl methyl sites for hydroxylation is 1. The minimum atomic E-state index is 0.0755. The molecule has 15 heavy (non-hydrogen) atoms. The third-order valence-corrected chi connectivity index (χ3v) is 3.20. The first-order valence-corrected chi connectivity index (χ1v) is 5.53. The second kappa shape index (κ2) is 4.33. The fourth-order valence-corrected chi connectivity index (χ4v) is 2.29. The summed E-state index contributed by atoms with van der Waals surface area (Å²) in [6.07, 6.45) is 2.46. The fraction of sp³-hybridized carbons (Fsp3) is 0.727. The summed E-state index contributed by atoms with van der Waals surface area (Å²) in [5, 5.41) is 13.6. The van der Waals surface area contributed by atoms with E-state index in [0.717, 1.165) is 17.9 Å². The molecule has 1 aromatic rings. The molecular formula is C11H19N3O. The third-order valence-electron chi connectivity index (χ3n) is 3.20. The minimum absolute atomic E-state index is 0.0755. The summed E-state index contributed by atoms with van der Waals surface area (Å²) >= 11 is 0. The molecule has 1 aliphatic rings. The van der Waals surface area contributed by atoms with Crippen molar-refractivity contribution < 1.29 is 5.11 Å². The normalized spacial score (nSPS) is 23.3. The van der Waals surface area contributed by atoms with Crippen molar-refractivity contribution in [2.75, 3.05) is 20.1 Å². The van der Waals surface area contributed by atoms with E-state index < -0.39 is 0 Å². The number of aliphatic hydroxyl groups is 1. The van der Waals surface area contributed by atoms with Crippen LogP contribution in [0.3, 0.4) is 0 Å². The van der Waals surface area contributed by atoms with E-state index in [4.69, 9.17) is 5.11 Å². The first kappa shape index (κ1) is 10.6. The molecule has 0 amide bonds. The highest BCUT2D eigenvalue weighted by Crippen LogP contribution is 2.25. The van der Waals surface area contributed by atoms with Gasteiger partial charge in [-0.15, -0.1) is 0 Å². The van der Waals surface area contributed by atoms with Crippen LogP contribution in [0.4, 0.5) is 0 Å². The summed E-state index contributed by atoms with van der Waals surface area (Å²) in [5.41, 5.74) is 2.03. The Morgan fingerprint density at radius 2 is 2.33 bits per heavy atom. The van der Waals surface area contributed by atoms with Gasteiger partial charge in [-0.3, -0.25) is 4.68 Å². The molecule has 2 rings (SSSR count). The van der Waals surface area contributed by atoms with E-state index in [-0.39, 0.29) is 6.61 Å². The van der Waals surface area contributed by atoms with Gasteiger partial charge in [-0.05, 0) is 32.5 Å². The van der Waals surface area contributed by atoms with E-state index in [0.29, 0.717) is 5.92 Å². The van der Waals surface area contributed by atoms with E-state index >= 15 is 0 Å². The van der Waals surface area contributed by atoms with Crippen molar-refractivity contribution >= 4 is 0 Å². The van der Waals surface area contributed by atoms with E-state index in [2.05, 4.69) is 17.0 Å². The molecule has 4 nitrogen and oxygen atoms in total. The van der Waals surface area contributed by atoms with Gasteiger partial charge in [0.1, 0.15) is 0 Å². The van der Waals surface area contributed by atoms with Crippen LogP contribution in [0.2, 0.25) is 0 Å². The third kappa shape index (κ3) is 2.21. The van der Waals surface area contributed by atoms with Crippen LogP contribution >= 0.6 is 0 Å². The molecule has 1 saturated heterocycles. The molecule has 2 heterocycles. The molecule has 1 unspecified atom stereocenters. The van der Waals surface area contributed by atoms with Crippen LogP contribution < -0.4 is 0 Å². The van der Waals surface area contributed by atoms with Gasteiger partial charge in [0.15, 0.2) is 0 Å². The average molecular weight is 209 g/mol. The second-order valence-electron chi connectivity index (χ2n) is 4.44. The van der Waals surface area contributed by atoms with Crippen molar-refractivity contribution in [2.45, 2.75) is 25.4 Å². The van der Waals surface area contributed by atoms with Crippen LogP contribution in [-0.4, -0.2) is 39.9 Å². The van der Waals surface area contributed by atoms with Crippen molar-refractivity contribution in [3.05, 3.63) is 17.5 Å². The molecule has 0 spiro atoms. The summed E-state index contributed by atoms with van der Waals surface area (Å²) in [6.45, 7) is 2.35. The SMILES string of the molecule is CN1CCCC(c2cc(CO)n(C)n2)C1. The molecule has 84 valence electrons. The van der Waals surface area contributed by atoms with E-state index in [1.807, 2.05) is 13.1 Å². The predicted molar refractivity (Wildman–Crippen MR) is 58.6 cm³/mol. The van der Waals surface area contributed by atoms with E-state index in [1.54, 1.807) is 4.68 Å². The van der Waals surface area contributed by atoms with Gasteiger partial charge in [0.05, 0.1) is 18.0 Å². The van der Waals surface area contributed by atoms with Gasteiger partial charge < -0.3 is 10.0 Å². The van der Waals surface area contributed by atoms with E-state index in [1.165, 1.54) is 19.4 Å². The Morgan fingerprint density at radius 3 is 2.93 bits per heavy atom. The number of piperidine rings is 1. The van der Waals surface area contributed by atoms with Gasteiger partial charge in [-0.25, -0.2) is 0 Å². The Balaban J connectivity index is 2.14. The lowest BCUT2D eigenvalue weighted by Gasteiger charge is -2.28. The summed E-state index contributed by atoms with van der Waals surface area (Å²) in [4.78, 5) is 2.35. The number of hydrogen-bond acceptors (Lipinski definition) is 3. The van der Waals surface area contributed by atoms with Crippen LogP contribution in [-0.2, 0) is 13.7 Å². The molecule has 0 saturated carbocycles. The number of rotatable bonds is 2. The summed E-state index contributed by atoms with van der Waals surface area (Å²) < 4.78 is 1.78. The number of hydrogen-bond donors (Lipinski definition) is 1. The molecule has 1 aromatic heterocycles. The van der Waals surface area contributed by atoms with Crippen LogP contribution in [0.25, 0.3) is 0 Å². The summed E-state index contributed by atoms with van der Waals surface area (Å²) in [5.74, 6) is 0.537. The zero-order chi connectivity index (χ0) is 10.8. The number of likely N-dealkylation sites (tertiary alicyclic amines) is 1. The first-order chi connectivity index (χ1) is 7.20. The Morgan fingerprint density at radius 1 is 1.53 bits per heavy atom. The van der Waals surface area contributed by atoms with Gasteiger partial charge in [0.25, 0.3) is 0 Å². The number of nitrogens with zero attached hydrogens (tertiary/aromatic N) is 3. The minimum Gasteiger partial charge on any atom is -0.390 e. The Bertz CT molecular complexity index is 335. The van der Waals surface area contributed by atoms with Gasteiger partial charge >= 0.3 is 0 Å². The summed E-state index contributed by atoms with van der Waals surface area (Å²) in [7, 11) is 4.05. The lowest BCUT2D eigenvalue weighted by molar-refractivity contribution is 0.248. The summed E-state index contributed by atoms with van der Waals surface area (Å²) in [6, 6.07) is 2.03. The average Bonchev–Trinajstić information content (AvgIpc) is 2.60. The molecule has 1 N–H and O–H groups in total. The van der Waals surface area contributed by atoms with Crippen molar-refractivity contribution in [3.63, 3.8) is 0 Å². The van der Waals surface area contributed by atoms with Crippen molar-refractivity contribution in [1.29, 1.82) is 0 Å². The zero-order valence-corrected chi connectivity index (χ0v) is 9.48.